The van der Waals surface area contributed by atoms with Gasteiger partial charge in [-0.3, -0.25) is 4.90 Å². The fraction of sp³-hybridized carbons (Fsp3) is 0.706. The van der Waals surface area contributed by atoms with Gasteiger partial charge in [-0.2, -0.15) is 0 Å². The number of pyridine rings is 1. The van der Waals surface area contributed by atoms with E-state index in [1.807, 2.05) is 12.1 Å². The standard InChI is InChI=1S/C17H29N3O/c1-5-16-10-18-15(9-13(2)3)12-20(16)11-14-7-6-8-17(19-14)21-4/h6-8,13,15-16,18H,5,9-12H2,1-4H3. The Kier molecular flexibility index (Phi) is 6.00. The summed E-state index contributed by atoms with van der Waals surface area (Å²) in [6.45, 7) is 9.95. The molecule has 118 valence electrons. The molecule has 0 saturated carbocycles. The van der Waals surface area contributed by atoms with Gasteiger partial charge in [-0.15, -0.1) is 0 Å². The van der Waals surface area contributed by atoms with Gasteiger partial charge in [-0.1, -0.05) is 26.8 Å². The summed E-state index contributed by atoms with van der Waals surface area (Å²) < 4.78 is 5.23. The average Bonchev–Trinajstić information content (AvgIpc) is 2.47. The van der Waals surface area contributed by atoms with E-state index in [2.05, 4.69) is 42.0 Å². The smallest absolute Gasteiger partial charge is 0.213 e. The SMILES string of the molecule is CCC1CNC(CC(C)C)CN1Cc1cccc(OC)n1. The van der Waals surface area contributed by atoms with Gasteiger partial charge < -0.3 is 10.1 Å². The Morgan fingerprint density at radius 1 is 1.43 bits per heavy atom. The van der Waals surface area contributed by atoms with Crippen molar-refractivity contribution in [1.82, 2.24) is 15.2 Å². The molecule has 4 heteroatoms. The largest absolute Gasteiger partial charge is 0.481 e. The van der Waals surface area contributed by atoms with Gasteiger partial charge in [-0.25, -0.2) is 4.98 Å². The summed E-state index contributed by atoms with van der Waals surface area (Å²) in [6.07, 6.45) is 2.41. The maximum atomic E-state index is 5.23. The highest BCUT2D eigenvalue weighted by Crippen LogP contribution is 2.18. The molecule has 21 heavy (non-hydrogen) atoms. The van der Waals surface area contributed by atoms with Crippen LogP contribution in [0.2, 0.25) is 0 Å². The third-order valence-corrected chi connectivity index (χ3v) is 4.20. The zero-order valence-electron chi connectivity index (χ0n) is 13.8. The van der Waals surface area contributed by atoms with E-state index in [0.717, 1.165) is 31.2 Å². The molecule has 2 unspecified atom stereocenters. The van der Waals surface area contributed by atoms with Crippen molar-refractivity contribution in [3.05, 3.63) is 23.9 Å². The first-order chi connectivity index (χ1) is 10.1. The zero-order valence-corrected chi connectivity index (χ0v) is 13.8. The van der Waals surface area contributed by atoms with Gasteiger partial charge >= 0.3 is 0 Å². The topological polar surface area (TPSA) is 37.4 Å². The maximum Gasteiger partial charge on any atom is 0.213 e. The molecule has 1 saturated heterocycles. The first kappa shape index (κ1) is 16.2. The van der Waals surface area contributed by atoms with Crippen molar-refractivity contribution < 1.29 is 4.74 Å². The van der Waals surface area contributed by atoms with Gasteiger partial charge in [0.1, 0.15) is 0 Å². The number of nitrogens with zero attached hydrogens (tertiary/aromatic N) is 2. The summed E-state index contributed by atoms with van der Waals surface area (Å²) >= 11 is 0. The Labute approximate surface area is 128 Å². The Hall–Kier alpha value is -1.13. The van der Waals surface area contributed by atoms with E-state index in [1.165, 1.54) is 12.8 Å². The molecule has 0 amide bonds. The van der Waals surface area contributed by atoms with Gasteiger partial charge in [-0.05, 0) is 24.8 Å². The molecule has 0 bridgehead atoms. The highest BCUT2D eigenvalue weighted by Gasteiger charge is 2.27. The molecule has 0 radical (unpaired) electrons. The zero-order chi connectivity index (χ0) is 15.2. The van der Waals surface area contributed by atoms with Gasteiger partial charge in [0.2, 0.25) is 5.88 Å². The Balaban J connectivity index is 2.02. The molecular weight excluding hydrogens is 262 g/mol. The lowest BCUT2D eigenvalue weighted by Crippen LogP contribution is -2.56. The summed E-state index contributed by atoms with van der Waals surface area (Å²) in [5.74, 6) is 1.44. The van der Waals surface area contributed by atoms with Gasteiger partial charge in [0.15, 0.2) is 0 Å². The predicted octanol–water partition coefficient (Wildman–Crippen LogP) is 2.69. The molecule has 1 aromatic rings. The molecule has 2 atom stereocenters. The van der Waals surface area contributed by atoms with Crippen LogP contribution in [0.3, 0.4) is 0 Å². The Bertz CT molecular complexity index is 436. The second-order valence-electron chi connectivity index (χ2n) is 6.40. The monoisotopic (exact) mass is 291 g/mol. The minimum Gasteiger partial charge on any atom is -0.481 e. The van der Waals surface area contributed by atoms with Gasteiger partial charge in [0, 0.05) is 37.8 Å². The summed E-state index contributed by atoms with van der Waals surface area (Å²) in [5, 5.41) is 3.70. The summed E-state index contributed by atoms with van der Waals surface area (Å²) in [5.41, 5.74) is 1.10. The molecule has 1 N–H and O–H groups in total. The van der Waals surface area contributed by atoms with Crippen LogP contribution in [0.4, 0.5) is 0 Å². The van der Waals surface area contributed by atoms with E-state index < -0.39 is 0 Å². The van der Waals surface area contributed by atoms with Crippen molar-refractivity contribution in [3.8, 4) is 5.88 Å². The first-order valence-electron chi connectivity index (χ1n) is 8.09. The van der Waals surface area contributed by atoms with Gasteiger partial charge in [0.25, 0.3) is 0 Å². The summed E-state index contributed by atoms with van der Waals surface area (Å²) in [6, 6.07) is 7.21. The van der Waals surface area contributed by atoms with E-state index in [0.29, 0.717) is 18.0 Å². The molecule has 0 aliphatic carbocycles. The number of piperazine rings is 1. The number of rotatable bonds is 6. The lowest BCUT2D eigenvalue weighted by molar-refractivity contribution is 0.110. The molecular formula is C17H29N3O. The molecule has 1 aliphatic rings. The van der Waals surface area contributed by atoms with Crippen LogP contribution in [-0.2, 0) is 6.54 Å². The number of nitrogens with one attached hydrogen (secondary N) is 1. The van der Waals surface area contributed by atoms with Crippen molar-refractivity contribution in [3.63, 3.8) is 0 Å². The van der Waals surface area contributed by atoms with Crippen molar-refractivity contribution in [1.29, 1.82) is 0 Å². The number of hydrogen-bond donors (Lipinski definition) is 1. The predicted molar refractivity (Wildman–Crippen MR) is 86.5 cm³/mol. The molecule has 1 fully saturated rings. The van der Waals surface area contributed by atoms with Crippen LogP contribution in [0, 0.1) is 5.92 Å². The molecule has 2 rings (SSSR count). The molecule has 0 aromatic carbocycles. The fourth-order valence-corrected chi connectivity index (χ4v) is 3.12. The number of aromatic nitrogens is 1. The van der Waals surface area contributed by atoms with E-state index >= 15 is 0 Å². The Morgan fingerprint density at radius 2 is 2.24 bits per heavy atom. The fourth-order valence-electron chi connectivity index (χ4n) is 3.12. The van der Waals surface area contributed by atoms with Crippen LogP contribution < -0.4 is 10.1 Å². The number of ether oxygens (including phenoxy) is 1. The lowest BCUT2D eigenvalue weighted by atomic mass is 9.99. The molecule has 1 aliphatic heterocycles. The van der Waals surface area contributed by atoms with Crippen molar-refractivity contribution >= 4 is 0 Å². The molecule has 2 heterocycles. The lowest BCUT2D eigenvalue weighted by Gasteiger charge is -2.40. The minimum absolute atomic E-state index is 0.596. The van der Waals surface area contributed by atoms with Crippen LogP contribution >= 0.6 is 0 Å². The highest BCUT2D eigenvalue weighted by atomic mass is 16.5. The Morgan fingerprint density at radius 3 is 2.90 bits per heavy atom. The van der Waals surface area contributed by atoms with Crippen LogP contribution in [0.15, 0.2) is 18.2 Å². The number of methoxy groups -OCH3 is 1. The normalized spacial score (nSPS) is 23.5. The molecule has 1 aromatic heterocycles. The van der Waals surface area contributed by atoms with Crippen LogP contribution in [0.5, 0.6) is 5.88 Å². The first-order valence-corrected chi connectivity index (χ1v) is 8.09. The van der Waals surface area contributed by atoms with Crippen molar-refractivity contribution in [2.75, 3.05) is 20.2 Å². The second-order valence-corrected chi connectivity index (χ2v) is 6.40. The van der Waals surface area contributed by atoms with E-state index in [4.69, 9.17) is 4.74 Å². The summed E-state index contributed by atoms with van der Waals surface area (Å²) in [4.78, 5) is 7.13. The second kappa shape index (κ2) is 7.76. The van der Waals surface area contributed by atoms with Crippen LogP contribution in [0.25, 0.3) is 0 Å². The van der Waals surface area contributed by atoms with Crippen LogP contribution in [0.1, 0.15) is 39.3 Å². The van der Waals surface area contributed by atoms with Crippen molar-refractivity contribution in [2.45, 2.75) is 52.2 Å². The average molecular weight is 291 g/mol. The van der Waals surface area contributed by atoms with Crippen LogP contribution in [-0.4, -0.2) is 42.2 Å². The third-order valence-electron chi connectivity index (χ3n) is 4.20. The van der Waals surface area contributed by atoms with E-state index in [1.54, 1.807) is 7.11 Å². The number of hydrogen-bond acceptors (Lipinski definition) is 4. The quantitative estimate of drug-likeness (QED) is 0.874. The molecule has 4 nitrogen and oxygen atoms in total. The third kappa shape index (κ3) is 4.68. The highest BCUT2D eigenvalue weighted by molar-refractivity contribution is 5.15. The maximum absolute atomic E-state index is 5.23. The molecule has 0 spiro atoms. The van der Waals surface area contributed by atoms with E-state index in [-0.39, 0.29) is 0 Å². The van der Waals surface area contributed by atoms with Gasteiger partial charge in [0.05, 0.1) is 12.8 Å². The minimum atomic E-state index is 0.596. The van der Waals surface area contributed by atoms with Crippen molar-refractivity contribution in [2.24, 2.45) is 5.92 Å². The van der Waals surface area contributed by atoms with E-state index in [9.17, 15) is 0 Å². The summed E-state index contributed by atoms with van der Waals surface area (Å²) in [7, 11) is 1.67.